The fourth-order valence-corrected chi connectivity index (χ4v) is 6.15. The third-order valence-corrected chi connectivity index (χ3v) is 8.25. The SMILES string of the molecule is Cc1ccc(S(=O)(=O)N2CCN(C(=O)CN3c4ccccc4CC3C)CC2)c(C)c1. The molecule has 0 radical (unpaired) electrons. The molecule has 2 aliphatic rings. The molecular formula is C23H29N3O3S. The molecule has 30 heavy (non-hydrogen) atoms. The number of sulfonamides is 1. The lowest BCUT2D eigenvalue weighted by Crippen LogP contribution is -2.53. The largest absolute Gasteiger partial charge is 0.359 e. The van der Waals surface area contributed by atoms with E-state index in [-0.39, 0.29) is 11.9 Å². The lowest BCUT2D eigenvalue weighted by atomic mass is 10.1. The van der Waals surface area contributed by atoms with Crippen molar-refractivity contribution in [2.24, 2.45) is 0 Å². The van der Waals surface area contributed by atoms with Crippen molar-refractivity contribution in [2.45, 2.75) is 38.1 Å². The minimum absolute atomic E-state index is 0.0575. The van der Waals surface area contributed by atoms with Crippen LogP contribution in [0.2, 0.25) is 0 Å². The van der Waals surface area contributed by atoms with E-state index in [1.54, 1.807) is 11.0 Å². The zero-order valence-electron chi connectivity index (χ0n) is 17.8. The number of anilines is 1. The Morgan fingerprint density at radius 3 is 2.43 bits per heavy atom. The molecule has 0 saturated carbocycles. The monoisotopic (exact) mass is 427 g/mol. The molecule has 0 aromatic heterocycles. The summed E-state index contributed by atoms with van der Waals surface area (Å²) in [4.78, 5) is 17.3. The molecule has 2 aliphatic heterocycles. The van der Waals surface area contributed by atoms with Gasteiger partial charge in [-0.3, -0.25) is 4.79 Å². The summed E-state index contributed by atoms with van der Waals surface area (Å²) in [6.45, 7) is 7.76. The molecule has 0 aliphatic carbocycles. The lowest BCUT2D eigenvalue weighted by Gasteiger charge is -2.36. The predicted octanol–water partition coefficient (Wildman–Crippen LogP) is 2.59. The van der Waals surface area contributed by atoms with E-state index in [9.17, 15) is 13.2 Å². The van der Waals surface area contributed by atoms with Crippen molar-refractivity contribution < 1.29 is 13.2 Å². The van der Waals surface area contributed by atoms with Crippen molar-refractivity contribution in [3.05, 3.63) is 59.2 Å². The maximum absolute atomic E-state index is 13.1. The van der Waals surface area contributed by atoms with E-state index >= 15 is 0 Å². The van der Waals surface area contributed by atoms with Gasteiger partial charge < -0.3 is 9.80 Å². The van der Waals surface area contributed by atoms with Crippen molar-refractivity contribution >= 4 is 21.6 Å². The van der Waals surface area contributed by atoms with Gasteiger partial charge in [-0.25, -0.2) is 8.42 Å². The Morgan fingerprint density at radius 2 is 1.73 bits per heavy atom. The van der Waals surface area contributed by atoms with Gasteiger partial charge in [-0.1, -0.05) is 35.9 Å². The summed E-state index contributed by atoms with van der Waals surface area (Å²) < 4.78 is 27.6. The Kier molecular flexibility index (Phi) is 5.59. The predicted molar refractivity (Wildman–Crippen MR) is 118 cm³/mol. The molecule has 160 valence electrons. The third-order valence-electron chi connectivity index (χ3n) is 6.19. The molecule has 2 aromatic rings. The van der Waals surface area contributed by atoms with Gasteiger partial charge in [0.25, 0.3) is 0 Å². The second-order valence-electron chi connectivity index (χ2n) is 8.36. The van der Waals surface area contributed by atoms with E-state index < -0.39 is 10.0 Å². The Bertz CT molecular complexity index is 1060. The van der Waals surface area contributed by atoms with Crippen LogP contribution in [0.15, 0.2) is 47.4 Å². The molecule has 7 heteroatoms. The lowest BCUT2D eigenvalue weighted by molar-refractivity contribution is -0.130. The molecule has 2 heterocycles. The molecule has 6 nitrogen and oxygen atoms in total. The second-order valence-corrected chi connectivity index (χ2v) is 10.3. The van der Waals surface area contributed by atoms with Gasteiger partial charge in [0.05, 0.1) is 11.4 Å². The fraction of sp³-hybridized carbons (Fsp3) is 0.435. The van der Waals surface area contributed by atoms with Crippen LogP contribution >= 0.6 is 0 Å². The van der Waals surface area contributed by atoms with Crippen LogP contribution in [-0.2, 0) is 21.2 Å². The van der Waals surface area contributed by atoms with Gasteiger partial charge in [0.2, 0.25) is 15.9 Å². The zero-order valence-corrected chi connectivity index (χ0v) is 18.7. The van der Waals surface area contributed by atoms with Crippen LogP contribution in [0, 0.1) is 13.8 Å². The maximum atomic E-state index is 13.1. The van der Waals surface area contributed by atoms with Crippen molar-refractivity contribution in [3.63, 3.8) is 0 Å². The first-order chi connectivity index (χ1) is 14.3. The van der Waals surface area contributed by atoms with Gasteiger partial charge in [-0.2, -0.15) is 4.31 Å². The van der Waals surface area contributed by atoms with Gasteiger partial charge in [0.15, 0.2) is 0 Å². The molecule has 1 fully saturated rings. The Morgan fingerprint density at radius 1 is 1.03 bits per heavy atom. The maximum Gasteiger partial charge on any atom is 0.243 e. The van der Waals surface area contributed by atoms with Crippen LogP contribution in [0.1, 0.15) is 23.6 Å². The highest BCUT2D eigenvalue weighted by atomic mass is 32.2. The van der Waals surface area contributed by atoms with E-state index in [1.165, 1.54) is 9.87 Å². The van der Waals surface area contributed by atoms with Crippen molar-refractivity contribution in [2.75, 3.05) is 37.6 Å². The molecule has 0 spiro atoms. The smallest absolute Gasteiger partial charge is 0.243 e. The average molecular weight is 428 g/mol. The summed E-state index contributed by atoms with van der Waals surface area (Å²) in [6.07, 6.45) is 0.950. The number of aryl methyl sites for hydroxylation is 2. The highest BCUT2D eigenvalue weighted by Crippen LogP contribution is 2.31. The quantitative estimate of drug-likeness (QED) is 0.753. The number of carbonyl (C=O) groups is 1. The van der Waals surface area contributed by atoms with Crippen LogP contribution in [0.25, 0.3) is 0 Å². The summed E-state index contributed by atoms with van der Waals surface area (Å²) in [5.41, 5.74) is 4.21. The van der Waals surface area contributed by atoms with Crippen molar-refractivity contribution in [1.29, 1.82) is 0 Å². The molecule has 1 amide bonds. The minimum atomic E-state index is -3.54. The number of benzene rings is 2. The minimum Gasteiger partial charge on any atom is -0.359 e. The summed E-state index contributed by atoms with van der Waals surface area (Å²) in [6, 6.07) is 13.9. The number of rotatable bonds is 4. The van der Waals surface area contributed by atoms with Crippen LogP contribution in [-0.4, -0.2) is 62.3 Å². The van der Waals surface area contributed by atoms with Gasteiger partial charge >= 0.3 is 0 Å². The van der Waals surface area contributed by atoms with Crippen LogP contribution in [0.3, 0.4) is 0 Å². The number of hydrogen-bond acceptors (Lipinski definition) is 4. The third kappa shape index (κ3) is 3.84. The first kappa shape index (κ1) is 20.9. The molecule has 0 bridgehead atoms. The number of amides is 1. The summed E-state index contributed by atoms with van der Waals surface area (Å²) >= 11 is 0. The molecule has 1 unspecified atom stereocenters. The van der Waals surface area contributed by atoms with Crippen molar-refractivity contribution in [1.82, 2.24) is 9.21 Å². The van der Waals surface area contributed by atoms with Gasteiger partial charge in [0.1, 0.15) is 0 Å². The summed E-state index contributed by atoms with van der Waals surface area (Å²) in [7, 11) is -3.54. The van der Waals surface area contributed by atoms with Gasteiger partial charge in [0, 0.05) is 37.9 Å². The molecular weight excluding hydrogens is 398 g/mol. The summed E-state index contributed by atoms with van der Waals surface area (Å²) in [5.74, 6) is 0.0575. The number of nitrogens with zero attached hydrogens (tertiary/aromatic N) is 3. The Labute approximate surface area is 179 Å². The molecule has 1 atom stereocenters. The Balaban J connectivity index is 1.40. The number of fused-ring (bicyclic) bond motifs is 1. The highest BCUT2D eigenvalue weighted by Gasteiger charge is 2.33. The second kappa shape index (κ2) is 8.04. The van der Waals surface area contributed by atoms with Gasteiger partial charge in [-0.05, 0) is 50.5 Å². The van der Waals surface area contributed by atoms with E-state index in [0.717, 1.165) is 23.2 Å². The van der Waals surface area contributed by atoms with E-state index in [2.05, 4.69) is 24.0 Å². The fourth-order valence-electron chi connectivity index (χ4n) is 4.52. The van der Waals surface area contributed by atoms with E-state index in [4.69, 9.17) is 0 Å². The van der Waals surface area contributed by atoms with Crippen LogP contribution < -0.4 is 4.90 Å². The Hall–Kier alpha value is -2.38. The zero-order chi connectivity index (χ0) is 21.5. The number of para-hydroxylation sites is 1. The van der Waals surface area contributed by atoms with Crippen molar-refractivity contribution in [3.8, 4) is 0 Å². The van der Waals surface area contributed by atoms with E-state index in [1.807, 2.05) is 38.1 Å². The summed E-state index contributed by atoms with van der Waals surface area (Å²) in [5, 5.41) is 0. The topological polar surface area (TPSA) is 60.9 Å². The average Bonchev–Trinajstić information content (AvgIpc) is 3.03. The first-order valence-corrected chi connectivity index (χ1v) is 11.9. The molecule has 2 aromatic carbocycles. The number of piperazine rings is 1. The number of carbonyl (C=O) groups excluding carboxylic acids is 1. The van der Waals surface area contributed by atoms with Crippen LogP contribution in [0.4, 0.5) is 5.69 Å². The molecule has 4 rings (SSSR count). The highest BCUT2D eigenvalue weighted by molar-refractivity contribution is 7.89. The van der Waals surface area contributed by atoms with Crippen LogP contribution in [0.5, 0.6) is 0 Å². The normalized spacial score (nSPS) is 19.8. The molecule has 1 saturated heterocycles. The standard InChI is InChI=1S/C23H29N3O3S/c1-17-8-9-22(18(2)14-17)30(28,29)25-12-10-24(11-13-25)23(27)16-26-19(3)15-20-6-4-5-7-21(20)26/h4-9,14,19H,10-13,15-16H2,1-3H3. The molecule has 0 N–H and O–H groups in total. The van der Waals surface area contributed by atoms with E-state index in [0.29, 0.717) is 37.6 Å². The number of hydrogen-bond donors (Lipinski definition) is 0. The first-order valence-electron chi connectivity index (χ1n) is 10.5. The van der Waals surface area contributed by atoms with Gasteiger partial charge in [-0.15, -0.1) is 0 Å².